The van der Waals surface area contributed by atoms with Crippen LogP contribution in [-0.2, 0) is 43.1 Å². The Hall–Kier alpha value is -4.24. The molecule has 0 aromatic rings. The number of esters is 1. The van der Waals surface area contributed by atoms with Crippen molar-refractivity contribution in [1.29, 1.82) is 0 Å². The Bertz CT molecular complexity index is 1080. The summed E-state index contributed by atoms with van der Waals surface area (Å²) in [6.45, 7) is 10.0. The zero-order chi connectivity index (χ0) is 37.3. The minimum Gasteiger partial charge on any atom is -0.480 e. The highest BCUT2D eigenvalue weighted by Gasteiger charge is 2.33. The Kier molecular flexibility index (Phi) is 18.9. The first-order valence-electron chi connectivity index (χ1n) is 17.3. The fraction of sp³-hybridized carbons (Fsp3) is 0.758. The quantitative estimate of drug-likeness (QED) is 0.243. The van der Waals surface area contributed by atoms with Crippen molar-refractivity contribution in [1.82, 2.24) is 19.6 Å². The van der Waals surface area contributed by atoms with E-state index in [1.807, 2.05) is 20.8 Å². The Labute approximate surface area is 288 Å². The lowest BCUT2D eigenvalue weighted by molar-refractivity contribution is -0.151. The van der Waals surface area contributed by atoms with E-state index in [1.54, 1.807) is 21.6 Å². The molecule has 4 saturated heterocycles. The van der Waals surface area contributed by atoms with Gasteiger partial charge in [-0.2, -0.15) is 0 Å². The van der Waals surface area contributed by atoms with Gasteiger partial charge in [0, 0.05) is 51.9 Å². The van der Waals surface area contributed by atoms with Crippen LogP contribution in [0.5, 0.6) is 0 Å². The SMILES string of the molecule is CC[C@@H](C(=O)O)N1CCCC1=O.CC[C@@H](C(=O)OC)N1CCCC1=O.CC[C@@H](C(N)=O)N1CCCC1=O.CC[C@H](C(N)=O)N1CCCC1=O. The summed E-state index contributed by atoms with van der Waals surface area (Å²) in [6.07, 6.45) is 7.87. The van der Waals surface area contributed by atoms with Gasteiger partial charge in [-0.05, 0) is 51.4 Å². The molecule has 4 heterocycles. The number of rotatable bonds is 12. The van der Waals surface area contributed by atoms with E-state index in [4.69, 9.17) is 16.6 Å². The Balaban J connectivity index is 0.000000327. The van der Waals surface area contributed by atoms with Crippen molar-refractivity contribution in [2.45, 2.75) is 129 Å². The number of carbonyl (C=O) groups is 8. The highest BCUT2D eigenvalue weighted by atomic mass is 16.5. The summed E-state index contributed by atoms with van der Waals surface area (Å²) in [7, 11) is 1.35. The Morgan fingerprint density at radius 2 is 0.837 bits per heavy atom. The number of nitrogens with two attached hydrogens (primary N) is 2. The molecular formula is C33H56N6O10. The summed E-state index contributed by atoms with van der Waals surface area (Å²) in [5.41, 5.74) is 10.3. The molecule has 16 heteroatoms. The molecule has 0 aromatic heterocycles. The first kappa shape index (κ1) is 42.8. The van der Waals surface area contributed by atoms with Crippen molar-refractivity contribution in [2.24, 2.45) is 11.5 Å². The molecule has 4 aliphatic rings. The second-order valence-corrected chi connectivity index (χ2v) is 12.1. The number of aliphatic carboxylic acids is 1. The van der Waals surface area contributed by atoms with Crippen LogP contribution < -0.4 is 11.5 Å². The van der Waals surface area contributed by atoms with Gasteiger partial charge in [-0.15, -0.1) is 0 Å². The molecule has 278 valence electrons. The molecule has 6 amide bonds. The van der Waals surface area contributed by atoms with E-state index in [1.165, 1.54) is 12.0 Å². The van der Waals surface area contributed by atoms with Gasteiger partial charge in [-0.3, -0.25) is 28.8 Å². The number of hydrogen-bond donors (Lipinski definition) is 3. The zero-order valence-electron chi connectivity index (χ0n) is 29.7. The Morgan fingerprint density at radius 1 is 0.571 bits per heavy atom. The number of likely N-dealkylation sites (tertiary alicyclic amines) is 4. The molecule has 4 fully saturated rings. The van der Waals surface area contributed by atoms with E-state index >= 15 is 0 Å². The van der Waals surface area contributed by atoms with Crippen molar-refractivity contribution in [3.8, 4) is 0 Å². The molecule has 4 aliphatic heterocycles. The summed E-state index contributed by atoms with van der Waals surface area (Å²) in [4.78, 5) is 94.8. The van der Waals surface area contributed by atoms with Crippen LogP contribution in [0.3, 0.4) is 0 Å². The van der Waals surface area contributed by atoms with Gasteiger partial charge in [-0.25, -0.2) is 9.59 Å². The van der Waals surface area contributed by atoms with Crippen LogP contribution >= 0.6 is 0 Å². The number of primary amides is 2. The fourth-order valence-corrected chi connectivity index (χ4v) is 6.32. The molecule has 4 rings (SSSR count). The number of ether oxygens (including phenoxy) is 1. The van der Waals surface area contributed by atoms with Gasteiger partial charge in [0.05, 0.1) is 7.11 Å². The van der Waals surface area contributed by atoms with Crippen molar-refractivity contribution < 1.29 is 48.2 Å². The number of nitrogens with zero attached hydrogens (tertiary/aromatic N) is 4. The largest absolute Gasteiger partial charge is 0.480 e. The van der Waals surface area contributed by atoms with Crippen molar-refractivity contribution in [2.75, 3.05) is 33.3 Å². The molecule has 16 nitrogen and oxygen atoms in total. The van der Waals surface area contributed by atoms with Gasteiger partial charge in [-0.1, -0.05) is 27.7 Å². The molecule has 4 atom stereocenters. The topological polar surface area (TPSA) is 231 Å². The number of amides is 6. The molecule has 0 spiro atoms. The fourth-order valence-electron chi connectivity index (χ4n) is 6.32. The van der Waals surface area contributed by atoms with Crippen LogP contribution in [-0.4, -0.2) is 130 Å². The summed E-state index contributed by atoms with van der Waals surface area (Å²) >= 11 is 0. The van der Waals surface area contributed by atoms with E-state index < -0.39 is 23.8 Å². The van der Waals surface area contributed by atoms with E-state index in [9.17, 15) is 38.4 Å². The highest BCUT2D eigenvalue weighted by Crippen LogP contribution is 2.18. The first-order chi connectivity index (χ1) is 23.2. The number of carboxylic acid groups (broad SMARTS) is 1. The van der Waals surface area contributed by atoms with Crippen molar-refractivity contribution >= 4 is 47.4 Å². The lowest BCUT2D eigenvalue weighted by Crippen LogP contribution is -2.44. The molecule has 5 N–H and O–H groups in total. The number of carboxylic acids is 1. The summed E-state index contributed by atoms with van der Waals surface area (Å²) in [5, 5.41) is 8.76. The lowest BCUT2D eigenvalue weighted by Gasteiger charge is -2.23. The predicted molar refractivity (Wildman–Crippen MR) is 178 cm³/mol. The molecule has 0 saturated carbocycles. The average molecular weight is 697 g/mol. The summed E-state index contributed by atoms with van der Waals surface area (Å²) in [6, 6.07) is -1.76. The summed E-state index contributed by atoms with van der Waals surface area (Å²) in [5.74, 6) is -1.84. The molecule has 0 unspecified atom stereocenters. The average Bonchev–Trinajstić information content (AvgIpc) is 3.87. The maximum absolute atomic E-state index is 11.3. The van der Waals surface area contributed by atoms with E-state index in [2.05, 4.69) is 4.74 Å². The van der Waals surface area contributed by atoms with Crippen molar-refractivity contribution in [3.63, 3.8) is 0 Å². The molecule has 0 aromatic carbocycles. The second kappa shape index (κ2) is 21.7. The third-order valence-electron chi connectivity index (χ3n) is 8.91. The lowest BCUT2D eigenvalue weighted by atomic mass is 10.2. The van der Waals surface area contributed by atoms with Crippen molar-refractivity contribution in [3.05, 3.63) is 0 Å². The van der Waals surface area contributed by atoms with Gasteiger partial charge < -0.3 is 40.9 Å². The summed E-state index contributed by atoms with van der Waals surface area (Å²) < 4.78 is 4.63. The smallest absolute Gasteiger partial charge is 0.328 e. The maximum Gasteiger partial charge on any atom is 0.328 e. The van der Waals surface area contributed by atoms with Crippen LogP contribution in [0.15, 0.2) is 0 Å². The van der Waals surface area contributed by atoms with Crippen LogP contribution in [0.1, 0.15) is 105 Å². The predicted octanol–water partition coefficient (Wildman–Crippen LogP) is 0.778. The van der Waals surface area contributed by atoms with E-state index in [0.717, 1.165) is 25.7 Å². The molecule has 0 bridgehead atoms. The van der Waals surface area contributed by atoms with Crippen LogP contribution in [0.4, 0.5) is 0 Å². The number of carbonyl (C=O) groups excluding carboxylic acids is 7. The van der Waals surface area contributed by atoms with E-state index in [-0.39, 0.29) is 47.7 Å². The maximum atomic E-state index is 11.3. The number of methoxy groups -OCH3 is 1. The van der Waals surface area contributed by atoms with Gasteiger partial charge in [0.1, 0.15) is 24.2 Å². The monoisotopic (exact) mass is 696 g/mol. The minimum absolute atomic E-state index is 0.0238. The number of hydrogen-bond acceptors (Lipinski definition) is 9. The van der Waals surface area contributed by atoms with Gasteiger partial charge in [0.15, 0.2) is 0 Å². The molecule has 49 heavy (non-hydrogen) atoms. The molecular weight excluding hydrogens is 640 g/mol. The molecule has 0 aliphatic carbocycles. The third kappa shape index (κ3) is 12.6. The van der Waals surface area contributed by atoms with Gasteiger partial charge >= 0.3 is 11.9 Å². The van der Waals surface area contributed by atoms with E-state index in [0.29, 0.717) is 77.5 Å². The van der Waals surface area contributed by atoms with Gasteiger partial charge in [0.2, 0.25) is 35.4 Å². The van der Waals surface area contributed by atoms with Gasteiger partial charge in [0.25, 0.3) is 0 Å². The van der Waals surface area contributed by atoms with Crippen LogP contribution in [0.25, 0.3) is 0 Å². The zero-order valence-corrected chi connectivity index (χ0v) is 29.7. The normalized spacial score (nSPS) is 19.5. The molecule has 0 radical (unpaired) electrons. The second-order valence-electron chi connectivity index (χ2n) is 12.1. The van der Waals surface area contributed by atoms with Crippen LogP contribution in [0.2, 0.25) is 0 Å². The van der Waals surface area contributed by atoms with Crippen LogP contribution in [0, 0.1) is 0 Å². The third-order valence-corrected chi connectivity index (χ3v) is 8.91. The Morgan fingerprint density at radius 3 is 1.02 bits per heavy atom. The highest BCUT2D eigenvalue weighted by molar-refractivity contribution is 5.88. The standard InChI is InChI=1S/C9H15NO3.2C8H14N2O2.C8H13NO3/c1-3-7(9(12)13-2)10-6-4-5-8(10)11;2*1-2-6(8(9)12)10-5-3-4-7(10)11;1-2-6(8(11)12)9-5-3-4-7(9)10/h7H,3-6H2,1-2H3;2*6H,2-5H2,1H3,(H2,9,12);6H,2-5H2,1H3,(H,11,12)/t7-;3*6-/m0100/s1. The minimum atomic E-state index is -0.896. The first-order valence-corrected chi connectivity index (χ1v) is 17.3.